The van der Waals surface area contributed by atoms with E-state index in [2.05, 4.69) is 10.0 Å². The average molecular weight is 405 g/mol. The molecule has 28 heavy (non-hydrogen) atoms. The van der Waals surface area contributed by atoms with Crippen LogP contribution in [-0.4, -0.2) is 46.7 Å². The molecule has 0 atom stereocenters. The van der Waals surface area contributed by atoms with Crippen LogP contribution in [0.15, 0.2) is 47.4 Å². The van der Waals surface area contributed by atoms with Crippen molar-refractivity contribution in [3.63, 3.8) is 0 Å². The zero-order valence-electron chi connectivity index (χ0n) is 15.8. The van der Waals surface area contributed by atoms with Gasteiger partial charge in [0.15, 0.2) is 0 Å². The van der Waals surface area contributed by atoms with Crippen molar-refractivity contribution < 1.29 is 22.7 Å². The summed E-state index contributed by atoms with van der Waals surface area (Å²) in [4.78, 5) is 13.9. The molecular weight excluding hydrogens is 382 g/mol. The summed E-state index contributed by atoms with van der Waals surface area (Å²) in [5.41, 5.74) is 0.840. The van der Waals surface area contributed by atoms with Crippen LogP contribution in [0.4, 0.5) is 16.2 Å². The molecule has 2 N–H and O–H groups in total. The van der Waals surface area contributed by atoms with E-state index in [9.17, 15) is 13.2 Å². The van der Waals surface area contributed by atoms with E-state index in [-0.39, 0.29) is 10.9 Å². The van der Waals surface area contributed by atoms with Crippen molar-refractivity contribution in [3.8, 4) is 11.5 Å². The number of hydrogen-bond acceptors (Lipinski definition) is 5. The lowest BCUT2D eigenvalue weighted by atomic mass is 10.3. The van der Waals surface area contributed by atoms with Crippen molar-refractivity contribution in [2.24, 2.45) is 0 Å². The number of sulfonamides is 1. The Bertz CT molecular complexity index is 939. The van der Waals surface area contributed by atoms with Crippen LogP contribution >= 0.6 is 0 Å². The number of hydrogen-bond donors (Lipinski definition) is 2. The molecule has 2 aromatic carbocycles. The number of nitrogens with one attached hydrogen (secondary N) is 2. The summed E-state index contributed by atoms with van der Waals surface area (Å²) in [5.74, 6) is 0.898. The monoisotopic (exact) mass is 405 g/mol. The van der Waals surface area contributed by atoms with Gasteiger partial charge in [-0.2, -0.15) is 0 Å². The summed E-state index contributed by atoms with van der Waals surface area (Å²) < 4.78 is 38.2. The maximum Gasteiger partial charge on any atom is 0.321 e. The lowest BCUT2D eigenvalue weighted by Gasteiger charge is -2.16. The van der Waals surface area contributed by atoms with E-state index < -0.39 is 10.0 Å². The summed E-state index contributed by atoms with van der Waals surface area (Å²) in [5, 5.41) is 2.78. The molecule has 1 aliphatic heterocycles. The second-order valence-corrected chi connectivity index (χ2v) is 8.00. The lowest BCUT2D eigenvalue weighted by Crippen LogP contribution is -2.32. The van der Waals surface area contributed by atoms with Gasteiger partial charge in [0.05, 0.1) is 24.8 Å². The van der Waals surface area contributed by atoms with Crippen LogP contribution in [0.25, 0.3) is 0 Å². The van der Waals surface area contributed by atoms with Gasteiger partial charge in [0.25, 0.3) is 10.0 Å². The topological polar surface area (TPSA) is 97.0 Å². The van der Waals surface area contributed by atoms with Gasteiger partial charge in [-0.05, 0) is 49.2 Å². The predicted molar refractivity (Wildman–Crippen MR) is 107 cm³/mol. The number of likely N-dealkylation sites (tertiary alicyclic amines) is 1. The first-order valence-corrected chi connectivity index (χ1v) is 10.3. The highest BCUT2D eigenvalue weighted by Gasteiger charge is 2.19. The first-order chi connectivity index (χ1) is 13.4. The largest absolute Gasteiger partial charge is 0.497 e. The number of amides is 2. The van der Waals surface area contributed by atoms with Gasteiger partial charge in [-0.15, -0.1) is 0 Å². The summed E-state index contributed by atoms with van der Waals surface area (Å²) in [6.45, 7) is 1.48. The Morgan fingerprint density at radius 2 is 1.68 bits per heavy atom. The first kappa shape index (κ1) is 19.8. The molecule has 8 nitrogen and oxygen atoms in total. The number of benzene rings is 2. The highest BCUT2D eigenvalue weighted by molar-refractivity contribution is 7.92. The molecule has 0 aromatic heterocycles. The standard InChI is InChI=1S/C19H23N3O5S/c1-26-15-7-10-17(18(13-15)27-2)21-28(24,25)16-8-5-14(6-9-16)20-19(23)22-11-3-4-12-22/h5-10,13,21H,3-4,11-12H2,1-2H3,(H,20,23). The van der Waals surface area contributed by atoms with Crippen LogP contribution in [0.3, 0.4) is 0 Å². The van der Waals surface area contributed by atoms with E-state index in [0.29, 0.717) is 22.9 Å². The number of carbonyl (C=O) groups excluding carboxylic acids is 1. The predicted octanol–water partition coefficient (Wildman–Crippen LogP) is 3.13. The zero-order valence-corrected chi connectivity index (χ0v) is 16.6. The lowest BCUT2D eigenvalue weighted by molar-refractivity contribution is 0.222. The van der Waals surface area contributed by atoms with Crippen LogP contribution < -0.4 is 19.5 Å². The Morgan fingerprint density at radius 1 is 1.00 bits per heavy atom. The number of ether oxygens (including phenoxy) is 2. The Morgan fingerprint density at radius 3 is 2.29 bits per heavy atom. The number of rotatable bonds is 6. The molecule has 0 aliphatic carbocycles. The molecule has 0 radical (unpaired) electrons. The quantitative estimate of drug-likeness (QED) is 0.770. The minimum absolute atomic E-state index is 0.0737. The Balaban J connectivity index is 1.72. The van der Waals surface area contributed by atoms with E-state index in [1.54, 1.807) is 35.2 Å². The molecular formula is C19H23N3O5S. The van der Waals surface area contributed by atoms with Crippen LogP contribution in [0.2, 0.25) is 0 Å². The minimum Gasteiger partial charge on any atom is -0.497 e. The second kappa shape index (κ2) is 8.39. The summed E-state index contributed by atoms with van der Waals surface area (Å²) in [6, 6.07) is 10.6. The molecule has 0 bridgehead atoms. The molecule has 0 spiro atoms. The number of anilines is 2. The number of nitrogens with zero attached hydrogens (tertiary/aromatic N) is 1. The average Bonchev–Trinajstić information content (AvgIpc) is 3.23. The highest BCUT2D eigenvalue weighted by Crippen LogP contribution is 2.31. The van der Waals surface area contributed by atoms with Crippen LogP contribution in [0.5, 0.6) is 11.5 Å². The van der Waals surface area contributed by atoms with Crippen LogP contribution in [0.1, 0.15) is 12.8 Å². The smallest absolute Gasteiger partial charge is 0.321 e. The van der Waals surface area contributed by atoms with Gasteiger partial charge in [-0.1, -0.05) is 0 Å². The fourth-order valence-corrected chi connectivity index (χ4v) is 4.00. The molecule has 0 saturated carbocycles. The molecule has 0 unspecified atom stereocenters. The van der Waals surface area contributed by atoms with Crippen molar-refractivity contribution in [2.45, 2.75) is 17.7 Å². The first-order valence-electron chi connectivity index (χ1n) is 8.84. The number of methoxy groups -OCH3 is 2. The van der Waals surface area contributed by atoms with Gasteiger partial charge in [-0.25, -0.2) is 13.2 Å². The highest BCUT2D eigenvalue weighted by atomic mass is 32.2. The maximum atomic E-state index is 12.7. The van der Waals surface area contributed by atoms with Crippen molar-refractivity contribution in [1.29, 1.82) is 0 Å². The Kier molecular flexibility index (Phi) is 5.93. The molecule has 3 rings (SSSR count). The Hall–Kier alpha value is -2.94. The minimum atomic E-state index is -3.82. The van der Waals surface area contributed by atoms with E-state index >= 15 is 0 Å². The van der Waals surface area contributed by atoms with Gasteiger partial charge in [0.1, 0.15) is 11.5 Å². The van der Waals surface area contributed by atoms with Crippen molar-refractivity contribution in [2.75, 3.05) is 37.3 Å². The third-order valence-corrected chi connectivity index (χ3v) is 5.84. The second-order valence-electron chi connectivity index (χ2n) is 6.32. The summed E-state index contributed by atoms with van der Waals surface area (Å²) in [7, 11) is -0.855. The number of urea groups is 1. The summed E-state index contributed by atoms with van der Waals surface area (Å²) in [6.07, 6.45) is 2.01. The fourth-order valence-electron chi connectivity index (χ4n) is 2.93. The van der Waals surface area contributed by atoms with Gasteiger partial charge in [-0.3, -0.25) is 4.72 Å². The van der Waals surface area contributed by atoms with E-state index in [1.165, 1.54) is 26.4 Å². The third kappa shape index (κ3) is 4.48. The van der Waals surface area contributed by atoms with Gasteiger partial charge < -0.3 is 19.7 Å². The molecule has 150 valence electrons. The van der Waals surface area contributed by atoms with Crippen molar-refractivity contribution in [3.05, 3.63) is 42.5 Å². The zero-order chi connectivity index (χ0) is 20.1. The van der Waals surface area contributed by atoms with Crippen LogP contribution in [-0.2, 0) is 10.0 Å². The van der Waals surface area contributed by atoms with E-state index in [0.717, 1.165) is 25.9 Å². The SMILES string of the molecule is COc1ccc(NS(=O)(=O)c2ccc(NC(=O)N3CCCC3)cc2)c(OC)c1. The molecule has 1 heterocycles. The molecule has 1 saturated heterocycles. The molecule has 2 amide bonds. The van der Waals surface area contributed by atoms with Gasteiger partial charge >= 0.3 is 6.03 Å². The van der Waals surface area contributed by atoms with Crippen molar-refractivity contribution in [1.82, 2.24) is 4.90 Å². The molecule has 2 aromatic rings. The molecule has 1 fully saturated rings. The van der Waals surface area contributed by atoms with Gasteiger partial charge in [0, 0.05) is 24.8 Å². The van der Waals surface area contributed by atoms with Gasteiger partial charge in [0.2, 0.25) is 0 Å². The van der Waals surface area contributed by atoms with Crippen LogP contribution in [0, 0.1) is 0 Å². The normalized spacial score (nSPS) is 13.9. The third-order valence-electron chi connectivity index (χ3n) is 4.46. The maximum absolute atomic E-state index is 12.7. The summed E-state index contributed by atoms with van der Waals surface area (Å²) >= 11 is 0. The number of carbonyl (C=O) groups is 1. The molecule has 1 aliphatic rings. The Labute approximate surface area is 164 Å². The van der Waals surface area contributed by atoms with Crippen molar-refractivity contribution >= 4 is 27.4 Å². The fraction of sp³-hybridized carbons (Fsp3) is 0.316. The van der Waals surface area contributed by atoms with E-state index in [4.69, 9.17) is 9.47 Å². The van der Waals surface area contributed by atoms with E-state index in [1.807, 2.05) is 0 Å². The molecule has 9 heteroatoms.